The summed E-state index contributed by atoms with van der Waals surface area (Å²) in [7, 11) is 0. The molecule has 0 aliphatic heterocycles. The van der Waals surface area contributed by atoms with Crippen molar-refractivity contribution in [2.24, 2.45) is 5.92 Å². The van der Waals surface area contributed by atoms with Gasteiger partial charge in [0.25, 0.3) is 0 Å². The summed E-state index contributed by atoms with van der Waals surface area (Å²) in [5.74, 6) is 0.434. The molecule has 0 spiro atoms. The van der Waals surface area contributed by atoms with E-state index in [2.05, 4.69) is 43.0 Å². The molecule has 1 aromatic carbocycles. The largest absolute Gasteiger partial charge is 0.393 e. The van der Waals surface area contributed by atoms with E-state index < -0.39 is 0 Å². The second kappa shape index (κ2) is 6.95. The number of hydrogen-bond donors (Lipinski definition) is 1. The summed E-state index contributed by atoms with van der Waals surface area (Å²) in [5, 5.41) is 10.3. The lowest BCUT2D eigenvalue weighted by atomic mass is 9.96. The van der Waals surface area contributed by atoms with Crippen LogP contribution in [-0.2, 0) is 0 Å². The summed E-state index contributed by atoms with van der Waals surface area (Å²) in [4.78, 5) is 2.40. The van der Waals surface area contributed by atoms with Crippen molar-refractivity contribution in [2.75, 3.05) is 18.0 Å². The Bertz CT molecular complexity index is 373. The van der Waals surface area contributed by atoms with E-state index in [1.54, 1.807) is 0 Å². The SMILES string of the molecule is CCN(CC1CCCCCC1O)c1ccc(C)cc1. The summed E-state index contributed by atoms with van der Waals surface area (Å²) < 4.78 is 0. The van der Waals surface area contributed by atoms with Gasteiger partial charge in [-0.3, -0.25) is 0 Å². The number of aliphatic hydroxyl groups excluding tert-OH is 1. The molecule has 1 saturated carbocycles. The lowest BCUT2D eigenvalue weighted by molar-refractivity contribution is 0.104. The Morgan fingerprint density at radius 2 is 1.79 bits per heavy atom. The third kappa shape index (κ3) is 3.97. The number of rotatable bonds is 4. The Hall–Kier alpha value is -1.02. The monoisotopic (exact) mass is 261 g/mol. The number of nitrogens with zero attached hydrogens (tertiary/aromatic N) is 1. The van der Waals surface area contributed by atoms with Crippen molar-refractivity contribution in [1.82, 2.24) is 0 Å². The fourth-order valence-electron chi connectivity index (χ4n) is 3.03. The van der Waals surface area contributed by atoms with Gasteiger partial charge < -0.3 is 10.0 Å². The number of aliphatic hydroxyl groups is 1. The molecule has 19 heavy (non-hydrogen) atoms. The zero-order valence-corrected chi connectivity index (χ0v) is 12.3. The molecule has 0 saturated heterocycles. The third-order valence-corrected chi connectivity index (χ3v) is 4.35. The molecule has 0 heterocycles. The normalized spacial score (nSPS) is 23.9. The fraction of sp³-hybridized carbons (Fsp3) is 0.647. The molecule has 2 heteroatoms. The van der Waals surface area contributed by atoms with Crippen molar-refractivity contribution in [3.63, 3.8) is 0 Å². The van der Waals surface area contributed by atoms with Crippen LogP contribution in [0.2, 0.25) is 0 Å². The van der Waals surface area contributed by atoms with Crippen LogP contribution in [0.5, 0.6) is 0 Å². The molecule has 0 aromatic heterocycles. The molecule has 2 atom stereocenters. The molecule has 106 valence electrons. The Morgan fingerprint density at radius 1 is 1.11 bits per heavy atom. The Balaban J connectivity index is 2.03. The van der Waals surface area contributed by atoms with E-state index >= 15 is 0 Å². The lowest BCUT2D eigenvalue weighted by Gasteiger charge is -2.30. The molecule has 2 nitrogen and oxygen atoms in total. The van der Waals surface area contributed by atoms with Gasteiger partial charge in [-0.15, -0.1) is 0 Å². The zero-order chi connectivity index (χ0) is 13.7. The molecule has 0 bridgehead atoms. The predicted octanol–water partition coefficient (Wildman–Crippen LogP) is 3.76. The van der Waals surface area contributed by atoms with Gasteiger partial charge in [-0.25, -0.2) is 0 Å². The summed E-state index contributed by atoms with van der Waals surface area (Å²) in [5.41, 5.74) is 2.58. The molecule has 2 rings (SSSR count). The lowest BCUT2D eigenvalue weighted by Crippen LogP contribution is -2.34. The molecule has 0 radical (unpaired) electrons. The van der Waals surface area contributed by atoms with Gasteiger partial charge in [-0.1, -0.05) is 37.0 Å². The van der Waals surface area contributed by atoms with Gasteiger partial charge in [-0.2, -0.15) is 0 Å². The van der Waals surface area contributed by atoms with Gasteiger partial charge in [0.05, 0.1) is 6.10 Å². The second-order valence-corrected chi connectivity index (χ2v) is 5.84. The Labute approximate surface area is 117 Å². The van der Waals surface area contributed by atoms with Gasteiger partial charge in [0, 0.05) is 24.7 Å². The van der Waals surface area contributed by atoms with Crippen molar-refractivity contribution < 1.29 is 5.11 Å². The van der Waals surface area contributed by atoms with Crippen LogP contribution < -0.4 is 4.90 Å². The van der Waals surface area contributed by atoms with Crippen molar-refractivity contribution >= 4 is 5.69 Å². The molecule has 1 aliphatic carbocycles. The van der Waals surface area contributed by atoms with E-state index in [1.807, 2.05) is 0 Å². The average Bonchev–Trinajstić information content (AvgIpc) is 2.62. The number of benzene rings is 1. The summed E-state index contributed by atoms with van der Waals surface area (Å²) >= 11 is 0. The van der Waals surface area contributed by atoms with Crippen LogP contribution in [0, 0.1) is 12.8 Å². The number of aryl methyl sites for hydroxylation is 1. The Morgan fingerprint density at radius 3 is 2.47 bits per heavy atom. The van der Waals surface area contributed by atoms with Crippen LogP contribution in [0.1, 0.15) is 44.6 Å². The van der Waals surface area contributed by atoms with Gasteiger partial charge in [-0.05, 0) is 38.8 Å². The smallest absolute Gasteiger partial charge is 0.0585 e. The first-order chi connectivity index (χ1) is 9.20. The van der Waals surface area contributed by atoms with Crippen molar-refractivity contribution in [3.05, 3.63) is 29.8 Å². The molecule has 2 unspecified atom stereocenters. The average molecular weight is 261 g/mol. The van der Waals surface area contributed by atoms with Crippen LogP contribution >= 0.6 is 0 Å². The fourth-order valence-corrected chi connectivity index (χ4v) is 3.03. The highest BCUT2D eigenvalue weighted by molar-refractivity contribution is 5.47. The topological polar surface area (TPSA) is 23.5 Å². The highest BCUT2D eigenvalue weighted by Gasteiger charge is 2.23. The number of anilines is 1. The van der Waals surface area contributed by atoms with Crippen LogP contribution in [0.15, 0.2) is 24.3 Å². The maximum absolute atomic E-state index is 10.3. The summed E-state index contributed by atoms with van der Waals surface area (Å²) in [6.07, 6.45) is 5.78. The Kier molecular flexibility index (Phi) is 5.26. The molecular formula is C17H27NO. The molecule has 1 N–H and O–H groups in total. The van der Waals surface area contributed by atoms with Crippen molar-refractivity contribution in [1.29, 1.82) is 0 Å². The van der Waals surface area contributed by atoms with Gasteiger partial charge in [0.1, 0.15) is 0 Å². The highest BCUT2D eigenvalue weighted by atomic mass is 16.3. The van der Waals surface area contributed by atoms with Gasteiger partial charge in [0.2, 0.25) is 0 Å². The minimum Gasteiger partial charge on any atom is -0.393 e. The van der Waals surface area contributed by atoms with Gasteiger partial charge in [0.15, 0.2) is 0 Å². The summed E-state index contributed by atoms with van der Waals surface area (Å²) in [6, 6.07) is 8.73. The van der Waals surface area contributed by atoms with E-state index in [0.29, 0.717) is 5.92 Å². The maximum atomic E-state index is 10.3. The quantitative estimate of drug-likeness (QED) is 0.834. The minimum absolute atomic E-state index is 0.109. The standard InChI is InChI=1S/C17H27NO/c1-3-18(16-11-9-14(2)10-12-16)13-15-7-5-4-6-8-17(15)19/h9-12,15,17,19H,3-8,13H2,1-2H3. The van der Waals surface area contributed by atoms with Crippen LogP contribution in [0.4, 0.5) is 5.69 Å². The second-order valence-electron chi connectivity index (χ2n) is 5.84. The first kappa shape index (κ1) is 14.4. The van der Waals surface area contributed by atoms with E-state index in [-0.39, 0.29) is 6.10 Å². The van der Waals surface area contributed by atoms with Crippen LogP contribution in [0.3, 0.4) is 0 Å². The molecule has 0 amide bonds. The number of hydrogen-bond acceptors (Lipinski definition) is 2. The third-order valence-electron chi connectivity index (χ3n) is 4.35. The van der Waals surface area contributed by atoms with Crippen molar-refractivity contribution in [3.8, 4) is 0 Å². The van der Waals surface area contributed by atoms with Gasteiger partial charge >= 0.3 is 0 Å². The molecule has 1 aromatic rings. The first-order valence-electron chi connectivity index (χ1n) is 7.70. The molecule has 1 aliphatic rings. The highest BCUT2D eigenvalue weighted by Crippen LogP contribution is 2.26. The molecular weight excluding hydrogens is 234 g/mol. The predicted molar refractivity (Wildman–Crippen MR) is 81.6 cm³/mol. The van der Waals surface area contributed by atoms with Crippen LogP contribution in [-0.4, -0.2) is 24.3 Å². The van der Waals surface area contributed by atoms with E-state index in [9.17, 15) is 5.11 Å². The first-order valence-corrected chi connectivity index (χ1v) is 7.70. The van der Waals surface area contributed by atoms with Crippen molar-refractivity contribution in [2.45, 2.75) is 52.1 Å². The van der Waals surface area contributed by atoms with E-state index in [1.165, 1.54) is 36.9 Å². The minimum atomic E-state index is -0.109. The van der Waals surface area contributed by atoms with E-state index in [4.69, 9.17) is 0 Å². The van der Waals surface area contributed by atoms with E-state index in [0.717, 1.165) is 19.5 Å². The zero-order valence-electron chi connectivity index (χ0n) is 12.3. The maximum Gasteiger partial charge on any atom is 0.0585 e. The summed E-state index contributed by atoms with van der Waals surface area (Å²) in [6.45, 7) is 6.31. The van der Waals surface area contributed by atoms with Crippen LogP contribution in [0.25, 0.3) is 0 Å². The molecule has 1 fully saturated rings.